The molecule has 0 spiro atoms. The summed E-state index contributed by atoms with van der Waals surface area (Å²) in [6, 6.07) is 0. The zero-order chi connectivity index (χ0) is 11.8. The van der Waals surface area contributed by atoms with Crippen molar-refractivity contribution in [3.05, 3.63) is 0 Å². The molecule has 16 heavy (non-hydrogen) atoms. The minimum atomic E-state index is 0.0748. The fourth-order valence-electron chi connectivity index (χ4n) is 4.21. The first-order valence-electron chi connectivity index (χ1n) is 7.08. The third-order valence-electron chi connectivity index (χ3n) is 5.60. The summed E-state index contributed by atoms with van der Waals surface area (Å²) in [7, 11) is 0. The summed E-state index contributed by atoms with van der Waals surface area (Å²) in [6.45, 7) is 6.93. The molecule has 0 aliphatic heterocycles. The highest BCUT2D eigenvalue weighted by Crippen LogP contribution is 2.65. The third kappa shape index (κ3) is 1.55. The van der Waals surface area contributed by atoms with Gasteiger partial charge in [0.05, 0.1) is 0 Å². The first-order chi connectivity index (χ1) is 7.54. The Kier molecular flexibility index (Phi) is 3.16. The molecule has 1 nitrogen and oxygen atoms in total. The molecule has 0 saturated heterocycles. The van der Waals surface area contributed by atoms with Crippen molar-refractivity contribution in [3.63, 3.8) is 0 Å². The Balaban J connectivity index is 2.01. The second-order valence-corrected chi connectivity index (χ2v) is 6.48. The van der Waals surface area contributed by atoms with Crippen LogP contribution in [0.1, 0.15) is 72.1 Å². The lowest BCUT2D eigenvalue weighted by atomic mass is 9.66. The highest BCUT2D eigenvalue weighted by molar-refractivity contribution is 5.89. The Hall–Kier alpha value is -0.330. The largest absolute Gasteiger partial charge is 0.299 e. The van der Waals surface area contributed by atoms with Crippen molar-refractivity contribution in [1.29, 1.82) is 0 Å². The first kappa shape index (κ1) is 12.1. The Morgan fingerprint density at radius 1 is 1.25 bits per heavy atom. The van der Waals surface area contributed by atoms with Gasteiger partial charge in [0.25, 0.3) is 0 Å². The number of hydrogen-bond acceptors (Lipinski definition) is 1. The van der Waals surface area contributed by atoms with E-state index in [1.54, 1.807) is 0 Å². The molecule has 0 amide bonds. The van der Waals surface area contributed by atoms with Crippen LogP contribution in [0, 0.1) is 16.7 Å². The van der Waals surface area contributed by atoms with E-state index in [4.69, 9.17) is 0 Å². The van der Waals surface area contributed by atoms with E-state index in [1.807, 2.05) is 0 Å². The number of rotatable bonds is 5. The number of Topliss-reactive ketones (excluding diaryl/α,β-unsaturated/α-hetero) is 1. The van der Waals surface area contributed by atoms with Gasteiger partial charge in [-0.25, -0.2) is 0 Å². The van der Waals surface area contributed by atoms with Crippen molar-refractivity contribution in [2.75, 3.05) is 0 Å². The van der Waals surface area contributed by atoms with Gasteiger partial charge in [0.2, 0.25) is 0 Å². The summed E-state index contributed by atoms with van der Waals surface area (Å²) in [4.78, 5) is 12.2. The normalized spacial score (nSPS) is 35.9. The van der Waals surface area contributed by atoms with Crippen molar-refractivity contribution in [1.82, 2.24) is 0 Å². The summed E-state index contributed by atoms with van der Waals surface area (Å²) in [5, 5.41) is 0. The molecular formula is C15H26O. The van der Waals surface area contributed by atoms with Gasteiger partial charge in [-0.2, -0.15) is 0 Å². The van der Waals surface area contributed by atoms with Gasteiger partial charge in [0, 0.05) is 11.8 Å². The highest BCUT2D eigenvalue weighted by atomic mass is 16.1. The number of fused-ring (bicyclic) bond motifs is 2. The zero-order valence-electron chi connectivity index (χ0n) is 11.1. The lowest BCUT2D eigenvalue weighted by Gasteiger charge is -2.36. The molecule has 2 unspecified atom stereocenters. The van der Waals surface area contributed by atoms with E-state index in [2.05, 4.69) is 20.8 Å². The highest BCUT2D eigenvalue weighted by Gasteiger charge is 2.63. The van der Waals surface area contributed by atoms with Gasteiger partial charge >= 0.3 is 0 Å². The average Bonchev–Trinajstić information content (AvgIpc) is 2.58. The number of hydrogen-bond donors (Lipinski definition) is 0. The maximum Gasteiger partial charge on any atom is 0.139 e. The number of carbonyl (C=O) groups is 1. The molecule has 0 aromatic carbocycles. The third-order valence-corrected chi connectivity index (χ3v) is 5.60. The molecule has 2 rings (SSSR count). The van der Waals surface area contributed by atoms with E-state index in [9.17, 15) is 4.79 Å². The topological polar surface area (TPSA) is 17.1 Å². The molecule has 2 bridgehead atoms. The molecule has 0 aromatic heterocycles. The van der Waals surface area contributed by atoms with Crippen LogP contribution in [0.15, 0.2) is 0 Å². The van der Waals surface area contributed by atoms with Crippen molar-refractivity contribution in [2.45, 2.75) is 72.1 Å². The molecule has 0 aromatic rings. The fraction of sp³-hybridized carbons (Fsp3) is 0.933. The van der Waals surface area contributed by atoms with E-state index in [-0.39, 0.29) is 10.8 Å². The number of ketones is 1. The van der Waals surface area contributed by atoms with Crippen LogP contribution in [0.4, 0.5) is 0 Å². The Morgan fingerprint density at radius 2 is 2.00 bits per heavy atom. The average molecular weight is 222 g/mol. The number of carbonyl (C=O) groups excluding carboxylic acids is 1. The summed E-state index contributed by atoms with van der Waals surface area (Å²) in [5.41, 5.74) is 0.363. The molecule has 1 heteroatoms. The van der Waals surface area contributed by atoms with Gasteiger partial charge in [-0.05, 0) is 30.6 Å². The van der Waals surface area contributed by atoms with Crippen LogP contribution in [0.25, 0.3) is 0 Å². The molecule has 0 radical (unpaired) electrons. The zero-order valence-corrected chi connectivity index (χ0v) is 11.1. The SMILES string of the molecule is CCCCCCC12CCC(CC1=O)C2(C)C. The van der Waals surface area contributed by atoms with Crippen molar-refractivity contribution >= 4 is 5.78 Å². The molecule has 0 N–H and O–H groups in total. The second-order valence-electron chi connectivity index (χ2n) is 6.48. The molecule has 2 aliphatic rings. The maximum absolute atomic E-state index is 12.2. The van der Waals surface area contributed by atoms with Gasteiger partial charge in [0.15, 0.2) is 0 Å². The van der Waals surface area contributed by atoms with Gasteiger partial charge in [-0.3, -0.25) is 4.79 Å². The van der Waals surface area contributed by atoms with Crippen molar-refractivity contribution < 1.29 is 4.79 Å². The minimum Gasteiger partial charge on any atom is -0.299 e. The minimum absolute atomic E-state index is 0.0748. The Bertz CT molecular complexity index is 279. The van der Waals surface area contributed by atoms with Crippen LogP contribution in [-0.2, 0) is 4.79 Å². The van der Waals surface area contributed by atoms with Crippen molar-refractivity contribution in [3.8, 4) is 0 Å². The standard InChI is InChI=1S/C15H26O/c1-4-5-6-7-9-15-10-8-12(11-13(15)16)14(15,2)3/h12H,4-11H2,1-3H3. The van der Waals surface area contributed by atoms with E-state index in [0.717, 1.165) is 12.8 Å². The summed E-state index contributed by atoms with van der Waals surface area (Å²) in [6.07, 6.45) is 9.70. The first-order valence-corrected chi connectivity index (χ1v) is 7.08. The molecule has 2 aliphatic carbocycles. The van der Waals surface area contributed by atoms with Gasteiger partial charge in [-0.15, -0.1) is 0 Å². The molecular weight excluding hydrogens is 196 g/mol. The fourth-order valence-corrected chi connectivity index (χ4v) is 4.21. The van der Waals surface area contributed by atoms with E-state index in [0.29, 0.717) is 11.7 Å². The molecule has 0 heterocycles. The van der Waals surface area contributed by atoms with Crippen LogP contribution < -0.4 is 0 Å². The van der Waals surface area contributed by atoms with Gasteiger partial charge in [-0.1, -0.05) is 46.5 Å². The lowest BCUT2D eigenvalue weighted by molar-refractivity contribution is -0.130. The molecule has 2 fully saturated rings. The summed E-state index contributed by atoms with van der Waals surface area (Å²) in [5.74, 6) is 1.27. The summed E-state index contributed by atoms with van der Waals surface area (Å²) >= 11 is 0. The second kappa shape index (κ2) is 4.16. The maximum atomic E-state index is 12.2. The molecule has 2 saturated carbocycles. The monoisotopic (exact) mass is 222 g/mol. The van der Waals surface area contributed by atoms with Gasteiger partial charge < -0.3 is 0 Å². The van der Waals surface area contributed by atoms with Crippen LogP contribution in [0.3, 0.4) is 0 Å². The lowest BCUT2D eigenvalue weighted by Crippen LogP contribution is -2.35. The van der Waals surface area contributed by atoms with Crippen LogP contribution in [-0.4, -0.2) is 5.78 Å². The van der Waals surface area contributed by atoms with Crippen molar-refractivity contribution in [2.24, 2.45) is 16.7 Å². The Morgan fingerprint density at radius 3 is 2.50 bits per heavy atom. The van der Waals surface area contributed by atoms with E-state index in [1.165, 1.54) is 38.5 Å². The smallest absolute Gasteiger partial charge is 0.139 e. The molecule has 92 valence electrons. The van der Waals surface area contributed by atoms with Crippen LogP contribution >= 0.6 is 0 Å². The van der Waals surface area contributed by atoms with E-state index >= 15 is 0 Å². The number of unbranched alkanes of at least 4 members (excludes halogenated alkanes) is 3. The molecule has 2 atom stereocenters. The predicted molar refractivity (Wildman–Crippen MR) is 67.3 cm³/mol. The van der Waals surface area contributed by atoms with Gasteiger partial charge in [0.1, 0.15) is 5.78 Å². The summed E-state index contributed by atoms with van der Waals surface area (Å²) < 4.78 is 0. The van der Waals surface area contributed by atoms with Crippen LogP contribution in [0.5, 0.6) is 0 Å². The van der Waals surface area contributed by atoms with Crippen LogP contribution in [0.2, 0.25) is 0 Å². The Labute approximate surface area is 100.0 Å². The van der Waals surface area contributed by atoms with E-state index < -0.39 is 0 Å². The predicted octanol–water partition coefficient (Wildman–Crippen LogP) is 4.35. The quantitative estimate of drug-likeness (QED) is 0.632.